The number of amides is 1. The van der Waals surface area contributed by atoms with Gasteiger partial charge in [-0.3, -0.25) is 9.59 Å². The number of aromatic nitrogens is 2. The Morgan fingerprint density at radius 2 is 1.81 bits per heavy atom. The van der Waals surface area contributed by atoms with Crippen molar-refractivity contribution in [3.05, 3.63) is 76.9 Å². The Morgan fingerprint density at radius 3 is 2.53 bits per heavy atom. The monoisotopic (exact) mass is 435 g/mol. The molecular weight excluding hydrogens is 413 g/mol. The van der Waals surface area contributed by atoms with Gasteiger partial charge in [0.1, 0.15) is 5.82 Å². The third kappa shape index (κ3) is 4.16. The van der Waals surface area contributed by atoms with Crippen LogP contribution >= 0.6 is 0 Å². The summed E-state index contributed by atoms with van der Waals surface area (Å²) in [4.78, 5) is 37.2. The van der Waals surface area contributed by atoms with Crippen LogP contribution in [0.4, 0.5) is 10.1 Å². The topological polar surface area (TPSA) is 90.3 Å². The molecule has 7 nitrogen and oxygen atoms in total. The van der Waals surface area contributed by atoms with Gasteiger partial charge >= 0.3 is 5.97 Å². The van der Waals surface area contributed by atoms with E-state index < -0.39 is 18.0 Å². The predicted octanol–water partition coefficient (Wildman–Crippen LogP) is 3.89. The van der Waals surface area contributed by atoms with Gasteiger partial charge in [-0.25, -0.2) is 13.9 Å². The number of carbonyl (C=O) groups excluding carboxylic acids is 3. The lowest BCUT2D eigenvalue weighted by Crippen LogP contribution is -2.30. The van der Waals surface area contributed by atoms with E-state index in [9.17, 15) is 18.8 Å². The molecule has 1 aliphatic rings. The van der Waals surface area contributed by atoms with Gasteiger partial charge in [-0.2, -0.15) is 5.10 Å². The minimum atomic E-state index is -1.10. The lowest BCUT2D eigenvalue weighted by atomic mass is 10.1. The molecule has 2 aromatic carbocycles. The van der Waals surface area contributed by atoms with Gasteiger partial charge in [0.2, 0.25) is 0 Å². The van der Waals surface area contributed by atoms with E-state index in [0.717, 1.165) is 24.1 Å². The maximum absolute atomic E-state index is 13.3. The summed E-state index contributed by atoms with van der Waals surface area (Å²) in [7, 11) is 0. The smallest absolute Gasteiger partial charge is 0.359 e. The quantitative estimate of drug-likeness (QED) is 0.469. The number of hydrogen-bond acceptors (Lipinski definition) is 5. The number of nitrogens with zero attached hydrogens (tertiary/aromatic N) is 2. The molecule has 1 heterocycles. The lowest BCUT2D eigenvalue weighted by Gasteiger charge is -2.14. The maximum Gasteiger partial charge on any atom is 0.359 e. The van der Waals surface area contributed by atoms with Crippen LogP contribution in [0.25, 0.3) is 5.69 Å². The average molecular weight is 435 g/mol. The molecule has 1 N–H and O–H groups in total. The minimum absolute atomic E-state index is 0.158. The van der Waals surface area contributed by atoms with Gasteiger partial charge in [-0.15, -0.1) is 0 Å². The molecule has 1 unspecified atom stereocenters. The van der Waals surface area contributed by atoms with E-state index in [2.05, 4.69) is 10.4 Å². The second-order valence-electron chi connectivity index (χ2n) is 7.65. The molecule has 1 aromatic heterocycles. The number of ketones is 1. The van der Waals surface area contributed by atoms with E-state index in [-0.39, 0.29) is 17.3 Å². The molecule has 0 saturated heterocycles. The molecule has 1 amide bonds. The highest BCUT2D eigenvalue weighted by Gasteiger charge is 2.30. The van der Waals surface area contributed by atoms with Crippen LogP contribution in [-0.2, 0) is 22.4 Å². The maximum atomic E-state index is 13.3. The number of benzene rings is 2. The normalized spacial score (nSPS) is 13.3. The van der Waals surface area contributed by atoms with Crippen LogP contribution in [0.1, 0.15) is 52.4 Å². The first-order valence-electron chi connectivity index (χ1n) is 10.3. The number of esters is 1. The Kier molecular flexibility index (Phi) is 5.85. The van der Waals surface area contributed by atoms with Crippen molar-refractivity contribution in [3.8, 4) is 5.69 Å². The van der Waals surface area contributed by atoms with Crippen molar-refractivity contribution < 1.29 is 23.5 Å². The fourth-order valence-corrected chi connectivity index (χ4v) is 3.80. The van der Waals surface area contributed by atoms with Crippen molar-refractivity contribution >= 4 is 23.3 Å². The number of para-hydroxylation sites is 1. The molecule has 0 spiro atoms. The standard InChI is InChI=1S/C24H22FN3O4/c1-14(29)18-6-3-4-8-20(18)26-23(30)15(2)32-24(31)22-19-7-5-9-21(19)28(27-22)17-12-10-16(25)11-13-17/h3-4,6,8,10-13,15H,5,7,9H2,1-2H3,(H,26,30). The molecule has 8 heteroatoms. The lowest BCUT2D eigenvalue weighted by molar-refractivity contribution is -0.123. The van der Waals surface area contributed by atoms with Gasteiger partial charge in [0.15, 0.2) is 17.6 Å². The van der Waals surface area contributed by atoms with Crippen molar-refractivity contribution in [3.63, 3.8) is 0 Å². The van der Waals surface area contributed by atoms with Gasteiger partial charge in [0.05, 0.1) is 11.4 Å². The zero-order valence-corrected chi connectivity index (χ0v) is 17.7. The summed E-state index contributed by atoms with van der Waals surface area (Å²) in [6.45, 7) is 2.87. The summed E-state index contributed by atoms with van der Waals surface area (Å²) < 4.78 is 20.3. The predicted molar refractivity (Wildman–Crippen MR) is 116 cm³/mol. The number of carbonyl (C=O) groups is 3. The molecule has 0 saturated carbocycles. The summed E-state index contributed by atoms with van der Waals surface area (Å²) in [6.07, 6.45) is 1.18. The number of hydrogen-bond donors (Lipinski definition) is 1. The van der Waals surface area contributed by atoms with E-state index >= 15 is 0 Å². The van der Waals surface area contributed by atoms with Gasteiger partial charge in [0.25, 0.3) is 5.91 Å². The van der Waals surface area contributed by atoms with Crippen LogP contribution in [-0.4, -0.2) is 33.5 Å². The summed E-state index contributed by atoms with van der Waals surface area (Å²) in [5.74, 6) is -1.80. The highest BCUT2D eigenvalue weighted by atomic mass is 19.1. The molecule has 0 bridgehead atoms. The van der Waals surface area contributed by atoms with E-state index in [1.807, 2.05) is 0 Å². The molecule has 0 radical (unpaired) electrons. The molecule has 0 aliphatic heterocycles. The summed E-state index contributed by atoms with van der Waals surface area (Å²) in [5, 5.41) is 7.05. The zero-order valence-electron chi connectivity index (χ0n) is 17.7. The average Bonchev–Trinajstić information content (AvgIpc) is 3.37. The number of fused-ring (bicyclic) bond motifs is 1. The highest BCUT2D eigenvalue weighted by Crippen LogP contribution is 2.28. The molecule has 0 fully saturated rings. The van der Waals surface area contributed by atoms with Crippen LogP contribution < -0.4 is 5.32 Å². The van der Waals surface area contributed by atoms with Crippen LogP contribution in [0, 0.1) is 5.82 Å². The fraction of sp³-hybridized carbons (Fsp3) is 0.250. The van der Waals surface area contributed by atoms with Crippen LogP contribution in [0.2, 0.25) is 0 Å². The Morgan fingerprint density at radius 1 is 1.09 bits per heavy atom. The Hall–Kier alpha value is -3.81. The Bertz CT molecular complexity index is 1200. The van der Waals surface area contributed by atoms with E-state index in [0.29, 0.717) is 23.4 Å². The largest absolute Gasteiger partial charge is 0.448 e. The second kappa shape index (κ2) is 8.74. The zero-order chi connectivity index (χ0) is 22.8. The van der Waals surface area contributed by atoms with Crippen molar-refractivity contribution in [1.82, 2.24) is 9.78 Å². The Labute approximate surface area is 184 Å². The third-order valence-electron chi connectivity index (χ3n) is 5.41. The molecule has 164 valence electrons. The second-order valence-corrected chi connectivity index (χ2v) is 7.65. The van der Waals surface area contributed by atoms with Crippen LogP contribution in [0.5, 0.6) is 0 Å². The molecule has 32 heavy (non-hydrogen) atoms. The first kappa shape index (κ1) is 21.4. The van der Waals surface area contributed by atoms with E-state index in [1.165, 1.54) is 26.0 Å². The molecular formula is C24H22FN3O4. The summed E-state index contributed by atoms with van der Waals surface area (Å²) in [6, 6.07) is 12.5. The summed E-state index contributed by atoms with van der Waals surface area (Å²) >= 11 is 0. The minimum Gasteiger partial charge on any atom is -0.448 e. The van der Waals surface area contributed by atoms with Crippen molar-refractivity contribution in [2.75, 3.05) is 5.32 Å². The van der Waals surface area contributed by atoms with Gasteiger partial charge in [-0.1, -0.05) is 12.1 Å². The number of Topliss-reactive ketones (excluding diaryl/α,β-unsaturated/α-hetero) is 1. The van der Waals surface area contributed by atoms with Gasteiger partial charge in [0, 0.05) is 16.8 Å². The SMILES string of the molecule is CC(=O)c1ccccc1NC(=O)C(C)OC(=O)c1nn(-c2ccc(F)cc2)c2c1CCC2. The van der Waals surface area contributed by atoms with Crippen molar-refractivity contribution in [2.24, 2.45) is 0 Å². The van der Waals surface area contributed by atoms with Crippen LogP contribution in [0.15, 0.2) is 48.5 Å². The molecule has 1 atom stereocenters. The first-order valence-corrected chi connectivity index (χ1v) is 10.3. The molecule has 1 aliphatic carbocycles. The van der Waals surface area contributed by atoms with E-state index in [4.69, 9.17) is 4.74 Å². The fourth-order valence-electron chi connectivity index (χ4n) is 3.80. The van der Waals surface area contributed by atoms with Crippen LogP contribution in [0.3, 0.4) is 0 Å². The number of nitrogens with one attached hydrogen (secondary N) is 1. The molecule has 4 rings (SSSR count). The van der Waals surface area contributed by atoms with E-state index in [1.54, 1.807) is 41.1 Å². The van der Waals surface area contributed by atoms with Gasteiger partial charge in [-0.05, 0) is 69.5 Å². The first-order chi connectivity index (χ1) is 15.3. The Balaban J connectivity index is 1.52. The third-order valence-corrected chi connectivity index (χ3v) is 5.41. The number of rotatable bonds is 6. The van der Waals surface area contributed by atoms with Crippen molar-refractivity contribution in [2.45, 2.75) is 39.2 Å². The number of ether oxygens (including phenoxy) is 1. The molecule has 3 aromatic rings. The van der Waals surface area contributed by atoms with Gasteiger partial charge < -0.3 is 10.1 Å². The number of anilines is 1. The highest BCUT2D eigenvalue weighted by molar-refractivity contribution is 6.05. The number of halogens is 1. The van der Waals surface area contributed by atoms with Crippen molar-refractivity contribution in [1.29, 1.82) is 0 Å². The summed E-state index contributed by atoms with van der Waals surface area (Å²) in [5.41, 5.74) is 3.20.